The summed E-state index contributed by atoms with van der Waals surface area (Å²) < 4.78 is 13.0. The van der Waals surface area contributed by atoms with Crippen LogP contribution in [0, 0.1) is 5.92 Å². The minimum absolute atomic E-state index is 0.0216. The van der Waals surface area contributed by atoms with Crippen molar-refractivity contribution in [3.63, 3.8) is 0 Å². The van der Waals surface area contributed by atoms with E-state index in [4.69, 9.17) is 0 Å². The van der Waals surface area contributed by atoms with Gasteiger partial charge in [0.15, 0.2) is 0 Å². The van der Waals surface area contributed by atoms with Crippen molar-refractivity contribution >= 4 is 5.91 Å². The number of halogens is 1. The summed E-state index contributed by atoms with van der Waals surface area (Å²) in [4.78, 5) is 11.2. The highest BCUT2D eigenvalue weighted by Crippen LogP contribution is 2.17. The van der Waals surface area contributed by atoms with Crippen LogP contribution in [0.5, 0.6) is 0 Å². The van der Waals surface area contributed by atoms with Gasteiger partial charge in [-0.3, -0.25) is 4.79 Å². The largest absolute Gasteiger partial charge is 0.353 e. The molecule has 0 aromatic rings. The van der Waals surface area contributed by atoms with Crippen molar-refractivity contribution in [1.29, 1.82) is 0 Å². The normalized spacial score (nSPS) is 16.9. The highest BCUT2D eigenvalue weighted by atomic mass is 19.1. The third-order valence-electron chi connectivity index (χ3n) is 2.82. The first-order valence-electron chi connectivity index (χ1n) is 5.71. The second kappa shape index (κ2) is 7.20. The van der Waals surface area contributed by atoms with Crippen molar-refractivity contribution in [2.45, 2.75) is 47.1 Å². The number of rotatable bonds is 5. The topological polar surface area (TPSA) is 29.1 Å². The van der Waals surface area contributed by atoms with Crippen LogP contribution in [0.2, 0.25) is 0 Å². The Kier molecular flexibility index (Phi) is 6.70. The number of allylic oxidation sites excluding steroid dienone is 3. The maximum absolute atomic E-state index is 13.0. The van der Waals surface area contributed by atoms with Gasteiger partial charge in [-0.05, 0) is 32.8 Å². The Bertz CT molecular complexity index is 294. The van der Waals surface area contributed by atoms with E-state index >= 15 is 0 Å². The summed E-state index contributed by atoms with van der Waals surface area (Å²) in [5, 5.41) is 2.88. The Morgan fingerprint density at radius 2 is 2.00 bits per heavy atom. The molecule has 0 rings (SSSR count). The molecule has 0 fully saturated rings. The fourth-order valence-corrected chi connectivity index (χ4v) is 1.31. The van der Waals surface area contributed by atoms with Crippen LogP contribution in [-0.4, -0.2) is 11.9 Å². The van der Waals surface area contributed by atoms with E-state index in [1.54, 1.807) is 6.92 Å². The zero-order chi connectivity index (χ0) is 12.7. The molecular weight excluding hydrogens is 205 g/mol. The summed E-state index contributed by atoms with van der Waals surface area (Å²) in [6.07, 6.45) is 3.41. The van der Waals surface area contributed by atoms with Gasteiger partial charge in [0.1, 0.15) is 5.83 Å². The van der Waals surface area contributed by atoms with Crippen molar-refractivity contribution in [3.8, 4) is 0 Å². The third-order valence-corrected chi connectivity index (χ3v) is 2.82. The third kappa shape index (κ3) is 5.10. The van der Waals surface area contributed by atoms with E-state index in [1.807, 2.05) is 27.7 Å². The maximum atomic E-state index is 13.0. The first-order chi connectivity index (χ1) is 7.42. The minimum Gasteiger partial charge on any atom is -0.353 e. The van der Waals surface area contributed by atoms with E-state index in [0.717, 1.165) is 5.57 Å². The van der Waals surface area contributed by atoms with Gasteiger partial charge >= 0.3 is 0 Å². The lowest BCUT2D eigenvalue weighted by molar-refractivity contribution is -0.121. The molecule has 92 valence electrons. The van der Waals surface area contributed by atoms with Crippen LogP contribution in [0.3, 0.4) is 0 Å². The molecule has 0 aliphatic carbocycles. The second-order valence-corrected chi connectivity index (χ2v) is 4.06. The first kappa shape index (κ1) is 14.9. The lowest BCUT2D eigenvalue weighted by atomic mass is 9.94. The summed E-state index contributed by atoms with van der Waals surface area (Å²) in [6, 6.07) is 0.0216. The molecular formula is C13H22FNO. The van der Waals surface area contributed by atoms with Crippen LogP contribution in [0.4, 0.5) is 4.39 Å². The van der Waals surface area contributed by atoms with Crippen LogP contribution in [0.1, 0.15) is 41.0 Å². The Labute approximate surface area is 97.6 Å². The Morgan fingerprint density at radius 3 is 2.44 bits per heavy atom. The molecule has 16 heavy (non-hydrogen) atoms. The molecule has 2 nitrogen and oxygen atoms in total. The number of hydrogen-bond donors (Lipinski definition) is 1. The van der Waals surface area contributed by atoms with Gasteiger partial charge in [0.2, 0.25) is 5.91 Å². The Balaban J connectivity index is 4.48. The number of hydrogen-bond acceptors (Lipinski definition) is 1. The molecule has 0 bridgehead atoms. The standard InChI is InChI=1S/C13H22FNO/c1-6-12(14)8-9(3)10(4)11(5)15-13(16)7-2/h6,8,10-11H,7H2,1-5H3,(H,15,16). The summed E-state index contributed by atoms with van der Waals surface area (Å²) in [5.74, 6) is -0.0850. The van der Waals surface area contributed by atoms with Gasteiger partial charge in [0.05, 0.1) is 0 Å². The zero-order valence-corrected chi connectivity index (χ0v) is 10.8. The molecule has 0 aliphatic rings. The SMILES string of the molecule is CC=C(F)C=C(C)C(C)C(C)NC(=O)CC. The van der Waals surface area contributed by atoms with Gasteiger partial charge in [0.25, 0.3) is 0 Å². The summed E-state index contributed by atoms with van der Waals surface area (Å²) in [6.45, 7) is 9.27. The van der Waals surface area contributed by atoms with Crippen LogP contribution in [0.25, 0.3) is 0 Å². The molecule has 0 aromatic carbocycles. The number of carbonyl (C=O) groups excluding carboxylic acids is 1. The minimum atomic E-state index is -0.238. The fourth-order valence-electron chi connectivity index (χ4n) is 1.31. The quantitative estimate of drug-likeness (QED) is 0.717. The molecule has 0 aliphatic heterocycles. The Morgan fingerprint density at radius 1 is 1.44 bits per heavy atom. The highest BCUT2D eigenvalue weighted by molar-refractivity contribution is 5.75. The van der Waals surface area contributed by atoms with Crippen LogP contribution >= 0.6 is 0 Å². The lowest BCUT2D eigenvalue weighted by Gasteiger charge is -2.21. The van der Waals surface area contributed by atoms with Crippen molar-refractivity contribution in [3.05, 3.63) is 23.6 Å². The first-order valence-corrected chi connectivity index (χ1v) is 5.71. The summed E-state index contributed by atoms with van der Waals surface area (Å²) >= 11 is 0. The van der Waals surface area contributed by atoms with Gasteiger partial charge in [-0.15, -0.1) is 0 Å². The molecule has 1 N–H and O–H groups in total. The molecule has 0 radical (unpaired) electrons. The van der Waals surface area contributed by atoms with Crippen LogP contribution in [-0.2, 0) is 4.79 Å². The van der Waals surface area contributed by atoms with E-state index in [9.17, 15) is 9.18 Å². The van der Waals surface area contributed by atoms with E-state index in [2.05, 4.69) is 5.32 Å². The maximum Gasteiger partial charge on any atom is 0.219 e. The fraction of sp³-hybridized carbons (Fsp3) is 0.615. The van der Waals surface area contributed by atoms with Gasteiger partial charge < -0.3 is 5.32 Å². The van der Waals surface area contributed by atoms with Crippen molar-refractivity contribution in [2.75, 3.05) is 0 Å². The second-order valence-electron chi connectivity index (χ2n) is 4.06. The van der Waals surface area contributed by atoms with E-state index in [1.165, 1.54) is 12.2 Å². The average Bonchev–Trinajstić information content (AvgIpc) is 2.27. The monoisotopic (exact) mass is 227 g/mol. The van der Waals surface area contributed by atoms with Crippen molar-refractivity contribution in [1.82, 2.24) is 5.32 Å². The lowest BCUT2D eigenvalue weighted by Crippen LogP contribution is -2.37. The molecule has 0 spiro atoms. The number of carbonyl (C=O) groups is 1. The molecule has 0 aromatic heterocycles. The van der Waals surface area contributed by atoms with Crippen LogP contribution < -0.4 is 5.32 Å². The van der Waals surface area contributed by atoms with Crippen molar-refractivity contribution in [2.24, 2.45) is 5.92 Å². The predicted molar refractivity (Wildman–Crippen MR) is 65.7 cm³/mol. The van der Waals surface area contributed by atoms with Crippen LogP contribution in [0.15, 0.2) is 23.6 Å². The van der Waals surface area contributed by atoms with Gasteiger partial charge in [0, 0.05) is 12.5 Å². The van der Waals surface area contributed by atoms with Gasteiger partial charge in [-0.2, -0.15) is 0 Å². The Hall–Kier alpha value is -1.12. The van der Waals surface area contributed by atoms with Crippen molar-refractivity contribution < 1.29 is 9.18 Å². The molecule has 2 atom stereocenters. The average molecular weight is 227 g/mol. The molecule has 0 heterocycles. The van der Waals surface area contributed by atoms with Gasteiger partial charge in [-0.25, -0.2) is 4.39 Å². The molecule has 2 unspecified atom stereocenters. The van der Waals surface area contributed by atoms with Gasteiger partial charge in [-0.1, -0.05) is 25.5 Å². The van der Waals surface area contributed by atoms with E-state index < -0.39 is 0 Å². The summed E-state index contributed by atoms with van der Waals surface area (Å²) in [5.41, 5.74) is 0.930. The molecule has 0 saturated heterocycles. The number of amides is 1. The molecule has 3 heteroatoms. The highest BCUT2D eigenvalue weighted by Gasteiger charge is 2.15. The zero-order valence-electron chi connectivity index (χ0n) is 10.8. The smallest absolute Gasteiger partial charge is 0.219 e. The number of nitrogens with one attached hydrogen (secondary N) is 1. The molecule has 1 amide bonds. The van der Waals surface area contributed by atoms with E-state index in [0.29, 0.717) is 6.42 Å². The molecule has 0 saturated carbocycles. The van der Waals surface area contributed by atoms with E-state index in [-0.39, 0.29) is 23.7 Å². The predicted octanol–water partition coefficient (Wildman–Crippen LogP) is 3.36. The summed E-state index contributed by atoms with van der Waals surface area (Å²) in [7, 11) is 0.